The summed E-state index contributed by atoms with van der Waals surface area (Å²) in [6, 6.07) is 3.91. The fourth-order valence-corrected chi connectivity index (χ4v) is 2.27. The van der Waals surface area contributed by atoms with E-state index in [1.54, 1.807) is 6.20 Å². The van der Waals surface area contributed by atoms with Crippen molar-refractivity contribution < 1.29 is 14.3 Å². The minimum Gasteiger partial charge on any atom is -0.494 e. The zero-order valence-corrected chi connectivity index (χ0v) is 12.6. The third-order valence-electron chi connectivity index (χ3n) is 3.10. The first-order valence-electron chi connectivity index (χ1n) is 6.71. The van der Waals surface area contributed by atoms with E-state index in [4.69, 9.17) is 4.74 Å². The van der Waals surface area contributed by atoms with Crippen molar-refractivity contribution in [2.75, 3.05) is 13.7 Å². The number of benzene rings is 1. The van der Waals surface area contributed by atoms with Crippen LogP contribution >= 0.6 is 0 Å². The average molecular weight is 286 g/mol. The number of hydrogen-bond donors (Lipinski definition) is 0. The third kappa shape index (κ3) is 3.18. The zero-order chi connectivity index (χ0) is 15.4. The second-order valence-corrected chi connectivity index (χ2v) is 4.65. The topological polar surface area (TPSA) is 61.3 Å². The molecule has 0 N–H and O–H groups in total. The molecule has 0 atom stereocenters. The first-order chi connectivity index (χ1) is 10.1. The molecule has 2 rings (SSSR count). The Kier molecular flexibility index (Phi) is 4.52. The third-order valence-corrected chi connectivity index (χ3v) is 3.10. The SMILES string of the molecule is CCOc1cc(C)c(-c2cncc(C(=O)OC)n2)c(C)c1. The normalized spacial score (nSPS) is 10.3. The molecule has 1 aromatic carbocycles. The Morgan fingerprint density at radius 3 is 2.43 bits per heavy atom. The van der Waals surface area contributed by atoms with Gasteiger partial charge in [-0.2, -0.15) is 0 Å². The molecule has 0 spiro atoms. The highest BCUT2D eigenvalue weighted by Crippen LogP contribution is 2.29. The minimum absolute atomic E-state index is 0.197. The maximum Gasteiger partial charge on any atom is 0.358 e. The molecule has 0 unspecified atom stereocenters. The molecule has 0 radical (unpaired) electrons. The summed E-state index contributed by atoms with van der Waals surface area (Å²) in [5.41, 5.74) is 3.85. The number of carbonyl (C=O) groups is 1. The number of aryl methyl sites for hydroxylation is 2. The number of carbonyl (C=O) groups excluding carboxylic acids is 1. The Hall–Kier alpha value is -2.43. The molecule has 1 aromatic heterocycles. The van der Waals surface area contributed by atoms with Crippen LogP contribution in [0.15, 0.2) is 24.5 Å². The van der Waals surface area contributed by atoms with E-state index in [9.17, 15) is 4.79 Å². The summed E-state index contributed by atoms with van der Waals surface area (Å²) in [6.07, 6.45) is 3.04. The van der Waals surface area contributed by atoms with Crippen LogP contribution in [0.5, 0.6) is 5.75 Å². The molecule has 0 saturated heterocycles. The molecule has 0 aliphatic carbocycles. The number of rotatable bonds is 4. The number of esters is 1. The highest BCUT2D eigenvalue weighted by Gasteiger charge is 2.13. The Bertz CT molecular complexity index is 645. The van der Waals surface area contributed by atoms with Gasteiger partial charge in [0, 0.05) is 5.56 Å². The lowest BCUT2D eigenvalue weighted by Crippen LogP contribution is -2.06. The maximum absolute atomic E-state index is 11.6. The van der Waals surface area contributed by atoms with E-state index in [2.05, 4.69) is 14.7 Å². The lowest BCUT2D eigenvalue weighted by molar-refractivity contribution is 0.0593. The van der Waals surface area contributed by atoms with Gasteiger partial charge < -0.3 is 9.47 Å². The van der Waals surface area contributed by atoms with E-state index in [1.165, 1.54) is 13.3 Å². The fourth-order valence-electron chi connectivity index (χ4n) is 2.27. The molecule has 0 bridgehead atoms. The second kappa shape index (κ2) is 6.35. The largest absolute Gasteiger partial charge is 0.494 e. The standard InChI is InChI=1S/C16H18N2O3/c1-5-21-12-6-10(2)15(11(3)7-12)13-8-17-9-14(18-13)16(19)20-4/h6-9H,5H2,1-4H3. The van der Waals surface area contributed by atoms with Crippen molar-refractivity contribution in [1.29, 1.82) is 0 Å². The lowest BCUT2D eigenvalue weighted by Gasteiger charge is -2.12. The number of ether oxygens (including phenoxy) is 2. The smallest absolute Gasteiger partial charge is 0.358 e. The van der Waals surface area contributed by atoms with Crippen molar-refractivity contribution in [2.24, 2.45) is 0 Å². The molecule has 2 aromatic rings. The van der Waals surface area contributed by atoms with Crippen molar-refractivity contribution in [3.63, 3.8) is 0 Å². The average Bonchev–Trinajstić information content (AvgIpc) is 2.46. The molecule has 0 amide bonds. The summed E-state index contributed by atoms with van der Waals surface area (Å²) in [7, 11) is 1.32. The lowest BCUT2D eigenvalue weighted by atomic mass is 9.99. The van der Waals surface area contributed by atoms with Gasteiger partial charge in [-0.15, -0.1) is 0 Å². The van der Waals surface area contributed by atoms with Gasteiger partial charge >= 0.3 is 5.97 Å². The Labute approximate surface area is 124 Å². The molecule has 21 heavy (non-hydrogen) atoms. The van der Waals surface area contributed by atoms with Crippen molar-refractivity contribution in [3.05, 3.63) is 41.3 Å². The monoisotopic (exact) mass is 286 g/mol. The maximum atomic E-state index is 11.6. The van der Waals surface area contributed by atoms with Crippen LogP contribution in [0, 0.1) is 13.8 Å². The van der Waals surface area contributed by atoms with Gasteiger partial charge in [-0.25, -0.2) is 9.78 Å². The van der Waals surface area contributed by atoms with Crippen LogP contribution in [0.25, 0.3) is 11.3 Å². The molecule has 0 aliphatic heterocycles. The van der Waals surface area contributed by atoms with Gasteiger partial charge in [0.05, 0.1) is 31.8 Å². The van der Waals surface area contributed by atoms with Crippen LogP contribution in [0.1, 0.15) is 28.5 Å². The molecule has 5 heteroatoms. The molecule has 0 aliphatic rings. The predicted molar refractivity (Wildman–Crippen MR) is 79.5 cm³/mol. The van der Waals surface area contributed by atoms with E-state index in [0.29, 0.717) is 12.3 Å². The van der Waals surface area contributed by atoms with Crippen molar-refractivity contribution in [3.8, 4) is 17.0 Å². The molecule has 1 heterocycles. The number of hydrogen-bond acceptors (Lipinski definition) is 5. The highest BCUT2D eigenvalue weighted by molar-refractivity contribution is 5.87. The number of aromatic nitrogens is 2. The van der Waals surface area contributed by atoms with Crippen LogP contribution in [0.3, 0.4) is 0 Å². The van der Waals surface area contributed by atoms with E-state index >= 15 is 0 Å². The van der Waals surface area contributed by atoms with Crippen LogP contribution in [-0.2, 0) is 4.74 Å². The van der Waals surface area contributed by atoms with E-state index in [0.717, 1.165) is 22.4 Å². The summed E-state index contributed by atoms with van der Waals surface area (Å²) < 4.78 is 10.2. The first-order valence-corrected chi connectivity index (χ1v) is 6.71. The number of nitrogens with zero attached hydrogens (tertiary/aromatic N) is 2. The van der Waals surface area contributed by atoms with E-state index < -0.39 is 5.97 Å². The van der Waals surface area contributed by atoms with Crippen LogP contribution in [0.2, 0.25) is 0 Å². The quantitative estimate of drug-likeness (QED) is 0.809. The summed E-state index contributed by atoms with van der Waals surface area (Å²) >= 11 is 0. The Morgan fingerprint density at radius 1 is 1.19 bits per heavy atom. The minimum atomic E-state index is -0.495. The molecular weight excluding hydrogens is 268 g/mol. The first kappa shape index (κ1) is 15.0. The van der Waals surface area contributed by atoms with Gasteiger partial charge in [0.1, 0.15) is 5.75 Å². The van der Waals surface area contributed by atoms with Gasteiger partial charge in [-0.05, 0) is 44.0 Å². The van der Waals surface area contributed by atoms with Crippen LogP contribution in [-0.4, -0.2) is 29.7 Å². The fraction of sp³-hybridized carbons (Fsp3) is 0.312. The van der Waals surface area contributed by atoms with Gasteiger partial charge in [0.2, 0.25) is 0 Å². The molecular formula is C16H18N2O3. The van der Waals surface area contributed by atoms with Gasteiger partial charge in [-0.1, -0.05) is 0 Å². The molecule has 0 saturated carbocycles. The highest BCUT2D eigenvalue weighted by atomic mass is 16.5. The summed E-state index contributed by atoms with van der Waals surface area (Å²) in [6.45, 7) is 6.54. The van der Waals surface area contributed by atoms with Crippen LogP contribution in [0.4, 0.5) is 0 Å². The van der Waals surface area contributed by atoms with Gasteiger partial charge in [0.25, 0.3) is 0 Å². The summed E-state index contributed by atoms with van der Waals surface area (Å²) in [4.78, 5) is 20.0. The van der Waals surface area contributed by atoms with E-state index in [-0.39, 0.29) is 5.69 Å². The second-order valence-electron chi connectivity index (χ2n) is 4.65. The summed E-state index contributed by atoms with van der Waals surface area (Å²) in [5, 5.41) is 0. The van der Waals surface area contributed by atoms with Crippen molar-refractivity contribution in [1.82, 2.24) is 9.97 Å². The zero-order valence-electron chi connectivity index (χ0n) is 12.6. The van der Waals surface area contributed by atoms with Crippen molar-refractivity contribution in [2.45, 2.75) is 20.8 Å². The Morgan fingerprint density at radius 2 is 1.86 bits per heavy atom. The van der Waals surface area contributed by atoms with Crippen molar-refractivity contribution >= 4 is 5.97 Å². The van der Waals surface area contributed by atoms with Gasteiger partial charge in [0.15, 0.2) is 5.69 Å². The van der Waals surface area contributed by atoms with Gasteiger partial charge in [-0.3, -0.25) is 4.98 Å². The molecule has 110 valence electrons. The van der Waals surface area contributed by atoms with E-state index in [1.807, 2.05) is 32.9 Å². The Balaban J connectivity index is 2.49. The van der Waals surface area contributed by atoms with Crippen LogP contribution < -0.4 is 4.74 Å². The summed E-state index contributed by atoms with van der Waals surface area (Å²) in [5.74, 6) is 0.332. The molecule has 0 fully saturated rings. The number of methoxy groups -OCH3 is 1. The predicted octanol–water partition coefficient (Wildman–Crippen LogP) is 2.95. The molecule has 5 nitrogen and oxygen atoms in total.